The summed E-state index contributed by atoms with van der Waals surface area (Å²) in [5.74, 6) is -1.90. The van der Waals surface area contributed by atoms with Crippen LogP contribution in [0.4, 0.5) is 0 Å². The van der Waals surface area contributed by atoms with Gasteiger partial charge < -0.3 is 15.8 Å². The zero-order chi connectivity index (χ0) is 14.6. The Bertz CT molecular complexity index is 563. The average Bonchev–Trinajstić information content (AvgIpc) is 2.75. The monoisotopic (exact) mass is 290 g/mol. The number of carbonyl (C=O) groups is 2. The van der Waals surface area contributed by atoms with Gasteiger partial charge in [-0.1, -0.05) is 6.92 Å². The predicted octanol–water partition coefficient (Wildman–Crippen LogP) is -1.47. The molecule has 0 fully saturated rings. The smallest absolute Gasteiger partial charge is 0.318 e. The maximum atomic E-state index is 12.1. The van der Waals surface area contributed by atoms with E-state index in [1.807, 2.05) is 0 Å². The molecule has 9 nitrogen and oxygen atoms in total. The summed E-state index contributed by atoms with van der Waals surface area (Å²) in [6.07, 6.45) is 1.56. The number of nitrogens with one attached hydrogen (secondary N) is 1. The second-order valence-electron chi connectivity index (χ2n) is 3.68. The van der Waals surface area contributed by atoms with E-state index >= 15 is 0 Å². The summed E-state index contributed by atoms with van der Waals surface area (Å²) < 4.78 is 24.7. The number of aliphatic carboxylic acids is 1. The standard InChI is InChI=1S/C9H14N4O5S/c1-2-7-11-3-8(12-7)19(17,18)13(4-6(10)14)5-9(15)16/h3H,2,4-5H2,1H3,(H2,10,14)(H,11,12)(H,15,16). The Morgan fingerprint density at radius 2 is 2.11 bits per heavy atom. The molecule has 0 aliphatic heterocycles. The van der Waals surface area contributed by atoms with Crippen LogP contribution < -0.4 is 5.73 Å². The molecule has 0 aliphatic rings. The Balaban J connectivity index is 3.10. The van der Waals surface area contributed by atoms with Crippen LogP contribution in [0.2, 0.25) is 0 Å². The van der Waals surface area contributed by atoms with Gasteiger partial charge in [-0.2, -0.15) is 4.31 Å². The highest BCUT2D eigenvalue weighted by Gasteiger charge is 2.29. The lowest BCUT2D eigenvalue weighted by molar-refractivity contribution is -0.137. The number of sulfonamides is 1. The number of hydrogen-bond acceptors (Lipinski definition) is 5. The first-order valence-corrected chi connectivity index (χ1v) is 6.75. The molecule has 106 valence electrons. The molecule has 0 saturated carbocycles. The van der Waals surface area contributed by atoms with Gasteiger partial charge in [0.05, 0.1) is 12.7 Å². The van der Waals surface area contributed by atoms with E-state index in [9.17, 15) is 18.0 Å². The summed E-state index contributed by atoms with van der Waals surface area (Å²) in [5.41, 5.74) is 4.91. The van der Waals surface area contributed by atoms with Crippen molar-refractivity contribution in [3.63, 3.8) is 0 Å². The summed E-state index contributed by atoms with van der Waals surface area (Å²) in [5, 5.41) is 8.40. The van der Waals surface area contributed by atoms with Crippen molar-refractivity contribution in [1.29, 1.82) is 0 Å². The fraction of sp³-hybridized carbons (Fsp3) is 0.444. The topological polar surface area (TPSA) is 146 Å². The minimum atomic E-state index is -4.15. The SMILES string of the molecule is CCc1ncc(S(=O)(=O)N(CC(N)=O)CC(=O)O)[nH]1. The number of nitrogens with zero attached hydrogens (tertiary/aromatic N) is 2. The molecule has 0 saturated heterocycles. The van der Waals surface area contributed by atoms with Gasteiger partial charge in [0.15, 0.2) is 5.03 Å². The number of primary amides is 1. The van der Waals surface area contributed by atoms with Crippen molar-refractivity contribution in [1.82, 2.24) is 14.3 Å². The van der Waals surface area contributed by atoms with Crippen LogP contribution in [0.1, 0.15) is 12.7 Å². The molecule has 1 heterocycles. The molecule has 0 spiro atoms. The van der Waals surface area contributed by atoms with Crippen molar-refractivity contribution < 1.29 is 23.1 Å². The Hall–Kier alpha value is -1.94. The van der Waals surface area contributed by atoms with Crippen molar-refractivity contribution in [3.8, 4) is 0 Å². The van der Waals surface area contributed by atoms with Crippen molar-refractivity contribution in [2.45, 2.75) is 18.4 Å². The van der Waals surface area contributed by atoms with Crippen LogP contribution in [0.3, 0.4) is 0 Å². The number of hydrogen-bond donors (Lipinski definition) is 3. The molecule has 0 unspecified atom stereocenters. The number of imidazole rings is 1. The number of aryl methyl sites for hydroxylation is 1. The van der Waals surface area contributed by atoms with Crippen molar-refractivity contribution in [3.05, 3.63) is 12.0 Å². The van der Waals surface area contributed by atoms with Gasteiger partial charge in [-0.15, -0.1) is 0 Å². The Labute approximate surface area is 109 Å². The number of aromatic amines is 1. The van der Waals surface area contributed by atoms with Gasteiger partial charge in [0.1, 0.15) is 12.4 Å². The van der Waals surface area contributed by atoms with Gasteiger partial charge in [-0.3, -0.25) is 9.59 Å². The molecule has 0 aliphatic carbocycles. The van der Waals surface area contributed by atoms with E-state index in [-0.39, 0.29) is 5.03 Å². The van der Waals surface area contributed by atoms with Crippen LogP contribution in [0.15, 0.2) is 11.2 Å². The van der Waals surface area contributed by atoms with E-state index in [0.717, 1.165) is 6.20 Å². The Morgan fingerprint density at radius 1 is 1.47 bits per heavy atom. The second-order valence-corrected chi connectivity index (χ2v) is 5.59. The van der Waals surface area contributed by atoms with Gasteiger partial charge in [-0.05, 0) is 0 Å². The third-order valence-corrected chi connectivity index (χ3v) is 3.90. The first-order chi connectivity index (χ1) is 8.77. The molecular weight excluding hydrogens is 276 g/mol. The quantitative estimate of drug-likeness (QED) is 0.558. The minimum Gasteiger partial charge on any atom is -0.480 e. The molecular formula is C9H14N4O5S. The van der Waals surface area contributed by atoms with Crippen LogP contribution in [0.5, 0.6) is 0 Å². The van der Waals surface area contributed by atoms with Crippen LogP contribution in [0.25, 0.3) is 0 Å². The van der Waals surface area contributed by atoms with E-state index < -0.39 is 35.0 Å². The van der Waals surface area contributed by atoms with E-state index in [1.165, 1.54) is 0 Å². The molecule has 1 rings (SSSR count). The van der Waals surface area contributed by atoms with Crippen LogP contribution in [-0.2, 0) is 26.0 Å². The number of H-pyrrole nitrogens is 1. The van der Waals surface area contributed by atoms with Gasteiger partial charge in [0.2, 0.25) is 5.91 Å². The molecule has 0 bridgehead atoms. The number of carboxylic acid groups (broad SMARTS) is 1. The van der Waals surface area contributed by atoms with E-state index in [0.29, 0.717) is 16.6 Å². The number of carboxylic acids is 1. The molecule has 1 amide bonds. The Morgan fingerprint density at radius 3 is 2.53 bits per heavy atom. The number of nitrogens with two attached hydrogens (primary N) is 1. The summed E-state index contributed by atoms with van der Waals surface area (Å²) in [7, 11) is -4.15. The average molecular weight is 290 g/mol. The van der Waals surface area contributed by atoms with Gasteiger partial charge in [0, 0.05) is 6.42 Å². The number of aromatic nitrogens is 2. The van der Waals surface area contributed by atoms with Crippen molar-refractivity contribution in [2.24, 2.45) is 5.73 Å². The highest BCUT2D eigenvalue weighted by atomic mass is 32.2. The number of amides is 1. The fourth-order valence-electron chi connectivity index (χ4n) is 1.34. The number of carbonyl (C=O) groups excluding carboxylic acids is 1. The summed E-state index contributed by atoms with van der Waals surface area (Å²) in [4.78, 5) is 27.8. The van der Waals surface area contributed by atoms with E-state index in [1.54, 1.807) is 6.92 Å². The summed E-state index contributed by atoms with van der Waals surface area (Å²) in [6, 6.07) is 0. The summed E-state index contributed by atoms with van der Waals surface area (Å²) >= 11 is 0. The lowest BCUT2D eigenvalue weighted by Crippen LogP contribution is -2.41. The fourth-order valence-corrected chi connectivity index (χ4v) is 2.63. The van der Waals surface area contributed by atoms with E-state index in [2.05, 4.69) is 9.97 Å². The first-order valence-electron chi connectivity index (χ1n) is 5.31. The lowest BCUT2D eigenvalue weighted by atomic mass is 10.5. The molecule has 10 heteroatoms. The molecule has 0 atom stereocenters. The zero-order valence-corrected chi connectivity index (χ0v) is 11.0. The van der Waals surface area contributed by atoms with E-state index in [4.69, 9.17) is 10.8 Å². The predicted molar refractivity (Wildman–Crippen MR) is 63.6 cm³/mol. The summed E-state index contributed by atoms with van der Waals surface area (Å²) in [6.45, 7) is 0.203. The van der Waals surface area contributed by atoms with Gasteiger partial charge in [-0.25, -0.2) is 13.4 Å². The molecule has 0 aromatic carbocycles. The first kappa shape index (κ1) is 15.1. The second kappa shape index (κ2) is 5.80. The van der Waals surface area contributed by atoms with Crippen LogP contribution in [0, 0.1) is 0 Å². The largest absolute Gasteiger partial charge is 0.480 e. The third kappa shape index (κ3) is 3.76. The normalized spacial score (nSPS) is 11.7. The van der Waals surface area contributed by atoms with Crippen LogP contribution in [-0.4, -0.2) is 52.8 Å². The maximum absolute atomic E-state index is 12.1. The highest BCUT2D eigenvalue weighted by molar-refractivity contribution is 7.89. The van der Waals surface area contributed by atoms with Gasteiger partial charge in [0.25, 0.3) is 10.0 Å². The Kier molecular flexibility index (Phi) is 4.62. The zero-order valence-electron chi connectivity index (χ0n) is 10.2. The molecule has 1 aromatic rings. The molecule has 0 radical (unpaired) electrons. The van der Waals surface area contributed by atoms with Crippen LogP contribution >= 0.6 is 0 Å². The van der Waals surface area contributed by atoms with Gasteiger partial charge >= 0.3 is 5.97 Å². The molecule has 4 N–H and O–H groups in total. The molecule has 1 aromatic heterocycles. The van der Waals surface area contributed by atoms with Crippen molar-refractivity contribution in [2.75, 3.05) is 13.1 Å². The molecule has 19 heavy (non-hydrogen) atoms. The number of rotatable bonds is 7. The maximum Gasteiger partial charge on any atom is 0.318 e. The minimum absolute atomic E-state index is 0.271. The third-order valence-electron chi connectivity index (χ3n) is 2.20. The van der Waals surface area contributed by atoms with Crippen molar-refractivity contribution >= 4 is 21.9 Å². The highest BCUT2D eigenvalue weighted by Crippen LogP contribution is 2.13. The lowest BCUT2D eigenvalue weighted by Gasteiger charge is -2.17.